The van der Waals surface area contributed by atoms with Crippen LogP contribution in [0.5, 0.6) is 5.75 Å². The maximum atomic E-state index is 10.0. The van der Waals surface area contributed by atoms with Crippen molar-refractivity contribution in [1.82, 2.24) is 9.97 Å². The van der Waals surface area contributed by atoms with E-state index in [0.717, 1.165) is 58.5 Å². The van der Waals surface area contributed by atoms with E-state index in [2.05, 4.69) is 33.4 Å². The number of methoxy groups -OCH3 is 1. The van der Waals surface area contributed by atoms with Crippen molar-refractivity contribution in [3.8, 4) is 16.9 Å². The van der Waals surface area contributed by atoms with Gasteiger partial charge in [-0.15, -0.1) is 0 Å². The van der Waals surface area contributed by atoms with Crippen LogP contribution in [0.2, 0.25) is 0 Å². The summed E-state index contributed by atoms with van der Waals surface area (Å²) in [6.07, 6.45) is 3.46. The van der Waals surface area contributed by atoms with E-state index in [0.29, 0.717) is 12.5 Å². The van der Waals surface area contributed by atoms with E-state index in [4.69, 9.17) is 9.72 Å². The van der Waals surface area contributed by atoms with E-state index in [9.17, 15) is 5.11 Å². The molecule has 162 valence electrons. The maximum absolute atomic E-state index is 10.0. The molecule has 1 saturated heterocycles. The highest BCUT2D eigenvalue weighted by Crippen LogP contribution is 2.30. The van der Waals surface area contributed by atoms with Gasteiger partial charge in [0, 0.05) is 41.6 Å². The first-order chi connectivity index (χ1) is 15.7. The topological polar surface area (TPSA) is 70.5 Å². The average molecular weight is 427 g/mol. The largest absolute Gasteiger partial charge is 0.497 e. The van der Waals surface area contributed by atoms with Crippen LogP contribution in [-0.2, 0) is 0 Å². The lowest BCUT2D eigenvalue weighted by Gasteiger charge is -2.32. The van der Waals surface area contributed by atoms with Crippen LogP contribution >= 0.6 is 0 Å². The highest BCUT2D eigenvalue weighted by atomic mass is 16.5. The Hall–Kier alpha value is -3.64. The summed E-state index contributed by atoms with van der Waals surface area (Å²) >= 11 is 0. The quantitative estimate of drug-likeness (QED) is 0.467. The third-order valence-corrected chi connectivity index (χ3v) is 5.88. The molecule has 4 aromatic rings. The van der Waals surface area contributed by atoms with Crippen molar-refractivity contribution in [2.45, 2.75) is 18.9 Å². The molecular formula is C26H26N4O2. The number of benzene rings is 3. The zero-order valence-corrected chi connectivity index (χ0v) is 18.0. The summed E-state index contributed by atoms with van der Waals surface area (Å²) in [6.45, 7) is 1.62. The van der Waals surface area contributed by atoms with E-state index in [1.54, 1.807) is 7.11 Å². The highest BCUT2D eigenvalue weighted by molar-refractivity contribution is 5.94. The molecule has 1 aromatic heterocycles. The van der Waals surface area contributed by atoms with Crippen molar-refractivity contribution in [1.29, 1.82) is 0 Å². The van der Waals surface area contributed by atoms with Gasteiger partial charge < -0.3 is 20.1 Å². The van der Waals surface area contributed by atoms with Gasteiger partial charge in [0.05, 0.1) is 18.7 Å². The van der Waals surface area contributed by atoms with Gasteiger partial charge >= 0.3 is 0 Å². The van der Waals surface area contributed by atoms with Crippen molar-refractivity contribution < 1.29 is 9.84 Å². The smallest absolute Gasteiger partial charge is 0.227 e. The summed E-state index contributed by atoms with van der Waals surface area (Å²) in [4.78, 5) is 11.6. The van der Waals surface area contributed by atoms with Crippen molar-refractivity contribution >= 4 is 28.2 Å². The van der Waals surface area contributed by atoms with Gasteiger partial charge in [0.1, 0.15) is 5.75 Å². The second-order valence-electron chi connectivity index (χ2n) is 8.08. The van der Waals surface area contributed by atoms with E-state index in [1.807, 2.05) is 54.7 Å². The Labute approximate surface area is 187 Å². The molecule has 0 bridgehead atoms. The van der Waals surface area contributed by atoms with Crippen LogP contribution in [0.1, 0.15) is 12.8 Å². The summed E-state index contributed by atoms with van der Waals surface area (Å²) in [5.74, 6) is 1.38. The molecule has 32 heavy (non-hydrogen) atoms. The maximum Gasteiger partial charge on any atom is 0.227 e. The van der Waals surface area contributed by atoms with Gasteiger partial charge in [0.25, 0.3) is 0 Å². The van der Waals surface area contributed by atoms with Gasteiger partial charge in [0.15, 0.2) is 0 Å². The minimum Gasteiger partial charge on any atom is -0.497 e. The lowest BCUT2D eigenvalue weighted by Crippen LogP contribution is -2.38. The fourth-order valence-corrected chi connectivity index (χ4v) is 4.22. The predicted octanol–water partition coefficient (Wildman–Crippen LogP) is 5.01. The summed E-state index contributed by atoms with van der Waals surface area (Å²) in [5.41, 5.74) is 5.03. The van der Waals surface area contributed by atoms with Crippen LogP contribution in [-0.4, -0.2) is 41.4 Å². The van der Waals surface area contributed by atoms with Gasteiger partial charge in [-0.05, 0) is 48.7 Å². The monoisotopic (exact) mass is 426 g/mol. The first kappa shape index (κ1) is 20.3. The minimum atomic E-state index is -0.263. The Morgan fingerprint density at radius 1 is 1.06 bits per heavy atom. The van der Waals surface area contributed by atoms with Crippen LogP contribution in [0.3, 0.4) is 0 Å². The predicted molar refractivity (Wildman–Crippen MR) is 129 cm³/mol. The second kappa shape index (κ2) is 8.85. The molecule has 0 aliphatic carbocycles. The molecule has 2 heterocycles. The zero-order chi connectivity index (χ0) is 21.9. The number of aromatic nitrogens is 2. The number of hydrogen-bond donors (Lipinski definition) is 2. The van der Waals surface area contributed by atoms with Crippen LogP contribution in [0.15, 0.2) is 72.9 Å². The van der Waals surface area contributed by atoms with Crippen molar-refractivity contribution in [2.75, 3.05) is 30.4 Å². The molecular weight excluding hydrogens is 400 g/mol. The summed E-state index contributed by atoms with van der Waals surface area (Å²) in [5, 5.41) is 14.3. The Kier molecular flexibility index (Phi) is 5.60. The number of aliphatic hydroxyl groups is 1. The standard InChI is InChI=1S/C26H26N4O2/c1-32-23-12-10-18(11-13-23)24-9-2-5-19-16-27-26(29-25(19)24)28-20-6-3-7-21(15-20)30-14-4-8-22(31)17-30/h2-3,5-7,9-13,15-16,22,31H,4,8,14,17H2,1H3,(H,27,28,29). The van der Waals surface area contributed by atoms with Gasteiger partial charge in [-0.3, -0.25) is 0 Å². The summed E-state index contributed by atoms with van der Waals surface area (Å²) in [7, 11) is 1.67. The normalized spacial score (nSPS) is 16.2. The molecule has 0 spiro atoms. The minimum absolute atomic E-state index is 0.263. The van der Waals surface area contributed by atoms with Crippen molar-refractivity contribution in [2.24, 2.45) is 0 Å². The molecule has 6 nitrogen and oxygen atoms in total. The van der Waals surface area contributed by atoms with E-state index < -0.39 is 0 Å². The third kappa shape index (κ3) is 4.22. The fraction of sp³-hybridized carbons (Fsp3) is 0.231. The van der Waals surface area contributed by atoms with Gasteiger partial charge in [-0.2, -0.15) is 0 Å². The van der Waals surface area contributed by atoms with Crippen LogP contribution in [0, 0.1) is 0 Å². The zero-order valence-electron chi connectivity index (χ0n) is 18.0. The van der Waals surface area contributed by atoms with Crippen LogP contribution in [0.4, 0.5) is 17.3 Å². The van der Waals surface area contributed by atoms with Crippen molar-refractivity contribution in [3.05, 3.63) is 72.9 Å². The lowest BCUT2D eigenvalue weighted by atomic mass is 10.0. The Morgan fingerprint density at radius 2 is 1.91 bits per heavy atom. The molecule has 1 unspecified atom stereocenters. The SMILES string of the molecule is COc1ccc(-c2cccc3cnc(Nc4cccc(N5CCCC(O)C5)c4)nc23)cc1. The first-order valence-corrected chi connectivity index (χ1v) is 10.9. The molecule has 0 amide bonds. The molecule has 1 fully saturated rings. The number of fused-ring (bicyclic) bond motifs is 1. The number of nitrogens with zero attached hydrogens (tertiary/aromatic N) is 3. The molecule has 1 aliphatic rings. The molecule has 2 N–H and O–H groups in total. The molecule has 1 aliphatic heterocycles. The third-order valence-electron chi connectivity index (χ3n) is 5.88. The van der Waals surface area contributed by atoms with Gasteiger partial charge in [-0.1, -0.05) is 36.4 Å². The Balaban J connectivity index is 1.44. The number of rotatable bonds is 5. The second-order valence-corrected chi connectivity index (χ2v) is 8.08. The molecule has 0 radical (unpaired) electrons. The number of aliphatic hydroxyl groups excluding tert-OH is 1. The number of piperidine rings is 1. The van der Waals surface area contributed by atoms with Gasteiger partial charge in [-0.25, -0.2) is 9.97 Å². The van der Waals surface area contributed by atoms with Crippen LogP contribution in [0.25, 0.3) is 22.0 Å². The van der Waals surface area contributed by atoms with Gasteiger partial charge in [0.2, 0.25) is 5.95 Å². The van der Waals surface area contributed by atoms with Crippen LogP contribution < -0.4 is 15.0 Å². The number of β-amino-alcohol motifs (C(OH)–C–C–N with tert-alkyl or cyclic N) is 1. The lowest BCUT2D eigenvalue weighted by molar-refractivity contribution is 0.154. The fourth-order valence-electron chi connectivity index (χ4n) is 4.22. The molecule has 3 aromatic carbocycles. The first-order valence-electron chi connectivity index (χ1n) is 10.9. The molecule has 5 rings (SSSR count). The molecule has 0 saturated carbocycles. The van der Waals surface area contributed by atoms with Crippen molar-refractivity contribution in [3.63, 3.8) is 0 Å². The Bertz CT molecular complexity index is 1230. The molecule has 6 heteroatoms. The summed E-state index contributed by atoms with van der Waals surface area (Å²) in [6, 6.07) is 22.3. The van der Waals surface area contributed by atoms with E-state index >= 15 is 0 Å². The highest BCUT2D eigenvalue weighted by Gasteiger charge is 2.18. The van der Waals surface area contributed by atoms with E-state index in [-0.39, 0.29) is 6.10 Å². The number of nitrogens with one attached hydrogen (secondary N) is 1. The summed E-state index contributed by atoms with van der Waals surface area (Å²) < 4.78 is 5.28. The van der Waals surface area contributed by atoms with E-state index in [1.165, 1.54) is 0 Å². The number of para-hydroxylation sites is 1. The number of hydrogen-bond acceptors (Lipinski definition) is 6. The number of ether oxygens (including phenoxy) is 1. The average Bonchev–Trinajstić information content (AvgIpc) is 2.84. The number of anilines is 3. The molecule has 1 atom stereocenters. The Morgan fingerprint density at radius 3 is 2.72 bits per heavy atom.